The molecule has 1 N–H and O–H groups in total. The van der Waals surface area contributed by atoms with Crippen molar-refractivity contribution >= 4 is 29.3 Å². The van der Waals surface area contributed by atoms with Crippen LogP contribution in [0.2, 0.25) is 5.02 Å². The van der Waals surface area contributed by atoms with Gasteiger partial charge in [0, 0.05) is 36.2 Å². The predicted molar refractivity (Wildman–Crippen MR) is 149 cm³/mol. The molecule has 0 radical (unpaired) electrons. The quantitative estimate of drug-likeness (QED) is 0.439. The number of halogens is 1. The van der Waals surface area contributed by atoms with Crippen molar-refractivity contribution in [2.75, 3.05) is 13.1 Å². The van der Waals surface area contributed by atoms with Gasteiger partial charge in [-0.25, -0.2) is 9.64 Å². The van der Waals surface area contributed by atoms with Crippen LogP contribution >= 0.6 is 11.6 Å². The fraction of sp³-hybridized carbons (Fsp3) is 0.586. The molecule has 9 nitrogen and oxygen atoms in total. The Labute approximate surface area is 235 Å². The van der Waals surface area contributed by atoms with E-state index < -0.39 is 5.60 Å². The first kappa shape index (κ1) is 28.8. The number of hydrogen-bond acceptors (Lipinski definition) is 5. The van der Waals surface area contributed by atoms with Crippen LogP contribution in [0.5, 0.6) is 5.75 Å². The van der Waals surface area contributed by atoms with Gasteiger partial charge in [0.15, 0.2) is 0 Å². The molecule has 1 aliphatic heterocycles. The Kier molecular flexibility index (Phi) is 7.65. The molecule has 1 saturated heterocycles. The summed E-state index contributed by atoms with van der Waals surface area (Å²) in [6.45, 7) is 22.2. The van der Waals surface area contributed by atoms with Crippen LogP contribution in [0.3, 0.4) is 0 Å². The largest absolute Gasteiger partial charge is 0.489 e. The summed E-state index contributed by atoms with van der Waals surface area (Å²) in [4.78, 5) is 30.7. The number of ether oxygens (including phenoxy) is 2. The number of amides is 2. The minimum absolute atomic E-state index is 0.112. The van der Waals surface area contributed by atoms with Crippen LogP contribution in [0.25, 0.3) is 4.85 Å². The van der Waals surface area contributed by atoms with E-state index in [1.54, 1.807) is 35.5 Å². The summed E-state index contributed by atoms with van der Waals surface area (Å²) in [5.74, 6) is 0.420. The number of rotatable bonds is 5. The third-order valence-electron chi connectivity index (χ3n) is 7.76. The lowest BCUT2D eigenvalue weighted by molar-refractivity contribution is -0.164. The van der Waals surface area contributed by atoms with Crippen LogP contribution in [-0.2, 0) is 4.74 Å². The average molecular weight is 556 g/mol. The van der Waals surface area contributed by atoms with Crippen LogP contribution in [0.15, 0.2) is 30.6 Å². The molecule has 1 aromatic heterocycles. The number of piperidine rings is 1. The summed E-state index contributed by atoms with van der Waals surface area (Å²) in [6, 6.07) is 5.05. The molecule has 2 aromatic rings. The second-order valence-corrected chi connectivity index (χ2v) is 13.1. The van der Waals surface area contributed by atoms with Gasteiger partial charge in [-0.05, 0) is 45.7 Å². The third kappa shape index (κ3) is 5.86. The number of likely N-dealkylation sites (tertiary alicyclic amines) is 1. The maximum absolute atomic E-state index is 13.3. The van der Waals surface area contributed by atoms with Crippen molar-refractivity contribution in [2.45, 2.75) is 85.1 Å². The fourth-order valence-corrected chi connectivity index (χ4v) is 6.31. The van der Waals surface area contributed by atoms with Crippen molar-refractivity contribution in [3.63, 3.8) is 0 Å². The van der Waals surface area contributed by atoms with Crippen molar-refractivity contribution < 1.29 is 19.1 Å². The van der Waals surface area contributed by atoms with Crippen LogP contribution in [-0.4, -0.2) is 57.5 Å². The highest BCUT2D eigenvalue weighted by Gasteiger charge is 2.64. The van der Waals surface area contributed by atoms with E-state index in [0.29, 0.717) is 35.1 Å². The van der Waals surface area contributed by atoms with Gasteiger partial charge in [0.25, 0.3) is 5.91 Å². The molecule has 2 aliphatic rings. The zero-order valence-corrected chi connectivity index (χ0v) is 24.5. The highest BCUT2D eigenvalue weighted by Crippen LogP contribution is 2.55. The van der Waals surface area contributed by atoms with Gasteiger partial charge in [-0.1, -0.05) is 45.4 Å². The van der Waals surface area contributed by atoms with Crippen molar-refractivity contribution in [1.82, 2.24) is 20.0 Å². The Morgan fingerprint density at radius 1 is 1.15 bits per heavy atom. The monoisotopic (exact) mass is 555 g/mol. The Morgan fingerprint density at radius 2 is 1.79 bits per heavy atom. The van der Waals surface area contributed by atoms with E-state index in [1.807, 2.05) is 25.5 Å². The van der Waals surface area contributed by atoms with Gasteiger partial charge in [-0.3, -0.25) is 9.48 Å². The van der Waals surface area contributed by atoms with Gasteiger partial charge in [-0.15, -0.1) is 0 Å². The van der Waals surface area contributed by atoms with Gasteiger partial charge in [0.05, 0.1) is 29.4 Å². The minimum Gasteiger partial charge on any atom is -0.489 e. The van der Waals surface area contributed by atoms with Crippen LogP contribution < -0.4 is 10.1 Å². The molecule has 1 aromatic carbocycles. The summed E-state index contributed by atoms with van der Waals surface area (Å²) in [7, 11) is 0. The molecule has 0 spiro atoms. The molecule has 10 heteroatoms. The third-order valence-corrected chi connectivity index (χ3v) is 8.07. The Hall–Kier alpha value is -3.25. The number of benzene rings is 1. The van der Waals surface area contributed by atoms with Gasteiger partial charge >= 0.3 is 6.09 Å². The maximum Gasteiger partial charge on any atom is 0.410 e. The molecule has 0 bridgehead atoms. The predicted octanol–water partition coefficient (Wildman–Crippen LogP) is 6.27. The summed E-state index contributed by atoms with van der Waals surface area (Å²) >= 11 is 6.20. The molecule has 1 saturated carbocycles. The van der Waals surface area contributed by atoms with Gasteiger partial charge in [0.1, 0.15) is 17.5 Å². The molecule has 2 heterocycles. The first-order valence-corrected chi connectivity index (χ1v) is 13.7. The first-order chi connectivity index (χ1) is 18.1. The number of carbonyl (C=O) groups is 2. The maximum atomic E-state index is 13.3. The zero-order chi connectivity index (χ0) is 28.8. The molecule has 2 amide bonds. The smallest absolute Gasteiger partial charge is 0.410 e. The molecule has 210 valence electrons. The normalized spacial score (nSPS) is 22.4. The van der Waals surface area contributed by atoms with E-state index in [0.717, 1.165) is 12.8 Å². The lowest BCUT2D eigenvalue weighted by atomic mass is 9.49. The lowest BCUT2D eigenvalue weighted by Crippen LogP contribution is -2.74. The molecule has 39 heavy (non-hydrogen) atoms. The second kappa shape index (κ2) is 10.4. The molecule has 1 aliphatic carbocycles. The van der Waals surface area contributed by atoms with Crippen LogP contribution in [0, 0.1) is 17.4 Å². The SMILES string of the molecule is [C-]#[N+]c1ccc(OC2C(C)(C)C(NC(=O)c3cnn(C4CCN(C(=O)OC(C)(C)C)CC4)c3)C2(C)C)cc1Cl. The minimum atomic E-state index is -0.522. The van der Waals surface area contributed by atoms with Crippen LogP contribution in [0.4, 0.5) is 10.5 Å². The van der Waals surface area contributed by atoms with E-state index in [4.69, 9.17) is 27.6 Å². The Bertz CT molecular complexity index is 1270. The zero-order valence-electron chi connectivity index (χ0n) is 23.7. The Morgan fingerprint density at radius 3 is 2.36 bits per heavy atom. The molecule has 2 fully saturated rings. The highest BCUT2D eigenvalue weighted by atomic mass is 35.5. The van der Waals surface area contributed by atoms with Crippen molar-refractivity contribution in [3.8, 4) is 5.75 Å². The van der Waals surface area contributed by atoms with E-state index in [-0.39, 0.29) is 41.0 Å². The van der Waals surface area contributed by atoms with Gasteiger partial charge in [-0.2, -0.15) is 5.10 Å². The topological polar surface area (TPSA) is 90.0 Å². The summed E-state index contributed by atoms with van der Waals surface area (Å²) in [5, 5.41) is 8.04. The van der Waals surface area contributed by atoms with Crippen molar-refractivity contribution in [3.05, 3.63) is 52.6 Å². The number of hydrogen-bond donors (Lipinski definition) is 1. The second-order valence-electron chi connectivity index (χ2n) is 12.7. The Balaban J connectivity index is 1.36. The van der Waals surface area contributed by atoms with E-state index in [1.165, 1.54) is 0 Å². The van der Waals surface area contributed by atoms with E-state index in [9.17, 15) is 9.59 Å². The summed E-state index contributed by atoms with van der Waals surface area (Å²) < 4.78 is 13.6. The summed E-state index contributed by atoms with van der Waals surface area (Å²) in [5.41, 5.74) is -0.340. The number of aromatic nitrogens is 2. The van der Waals surface area contributed by atoms with E-state index >= 15 is 0 Å². The molecule has 4 rings (SSSR count). The average Bonchev–Trinajstić information content (AvgIpc) is 3.35. The van der Waals surface area contributed by atoms with Gasteiger partial charge < -0.3 is 19.7 Å². The van der Waals surface area contributed by atoms with E-state index in [2.05, 4.69) is 43.0 Å². The first-order valence-electron chi connectivity index (χ1n) is 13.3. The number of carbonyl (C=O) groups excluding carboxylic acids is 2. The number of nitrogens with one attached hydrogen (secondary N) is 1. The molecular weight excluding hydrogens is 518 g/mol. The molecule has 0 unspecified atom stereocenters. The summed E-state index contributed by atoms with van der Waals surface area (Å²) in [6.07, 6.45) is 4.40. The molecular formula is C29H38ClN5O4. The fourth-order valence-electron chi connectivity index (χ4n) is 6.10. The lowest BCUT2D eigenvalue weighted by Gasteiger charge is -2.63. The van der Waals surface area contributed by atoms with Crippen molar-refractivity contribution in [2.24, 2.45) is 10.8 Å². The highest BCUT2D eigenvalue weighted by molar-refractivity contribution is 6.33. The molecule has 0 atom stereocenters. The number of nitrogens with zero attached hydrogens (tertiary/aromatic N) is 4. The standard InChI is InChI=1S/C29H38ClN5O4/c1-27(2,3)39-26(37)34-13-11-19(12-14-34)35-17-18(16-32-35)23(36)33-24-28(4,5)25(29(24,6)7)38-20-9-10-22(31-8)21(30)15-20/h9-10,15-17,19,24-25H,11-14H2,1-7H3,(H,33,36). The van der Waals surface area contributed by atoms with Crippen LogP contribution in [0.1, 0.15) is 77.7 Å². The van der Waals surface area contributed by atoms with Crippen molar-refractivity contribution in [1.29, 1.82) is 0 Å². The van der Waals surface area contributed by atoms with Gasteiger partial charge in [0.2, 0.25) is 5.69 Å².